The molecule has 0 spiro atoms. The van der Waals surface area contributed by atoms with Gasteiger partial charge in [0.15, 0.2) is 0 Å². The molecule has 1 unspecified atom stereocenters. The van der Waals surface area contributed by atoms with Crippen LogP contribution < -0.4 is 0 Å². The zero-order valence-electron chi connectivity index (χ0n) is 6.68. The Morgan fingerprint density at radius 3 is 2.64 bits per heavy atom. The van der Waals surface area contributed by atoms with E-state index in [9.17, 15) is 8.78 Å². The van der Waals surface area contributed by atoms with Crippen LogP contribution in [0.5, 0.6) is 0 Å². The predicted octanol–water partition coefficient (Wildman–Crippen LogP) is 2.75. The summed E-state index contributed by atoms with van der Waals surface area (Å²) >= 11 is 0. The number of ether oxygens (including phenoxy) is 1. The van der Waals surface area contributed by atoms with Crippen molar-refractivity contribution >= 4 is 0 Å². The van der Waals surface area contributed by atoms with Crippen molar-refractivity contribution in [3.05, 3.63) is 24.2 Å². The quantitative estimate of drug-likeness (QED) is 0.577. The van der Waals surface area contributed by atoms with Crippen LogP contribution in [0.1, 0.15) is 13.3 Å². The van der Waals surface area contributed by atoms with Crippen molar-refractivity contribution in [2.45, 2.75) is 19.5 Å². The minimum absolute atomic E-state index is 0.0907. The average molecular weight is 162 g/mol. The van der Waals surface area contributed by atoms with E-state index in [2.05, 4.69) is 0 Å². The number of halogens is 2. The molecule has 1 nitrogen and oxygen atoms in total. The fourth-order valence-electron chi connectivity index (χ4n) is 0.658. The van der Waals surface area contributed by atoms with Crippen molar-refractivity contribution < 1.29 is 13.5 Å². The minimum Gasteiger partial charge on any atom is -0.501 e. The van der Waals surface area contributed by atoms with Gasteiger partial charge in [-0.2, -0.15) is 0 Å². The second-order valence-electron chi connectivity index (χ2n) is 2.00. The van der Waals surface area contributed by atoms with Crippen molar-refractivity contribution in [3.8, 4) is 0 Å². The van der Waals surface area contributed by atoms with Crippen LogP contribution >= 0.6 is 0 Å². The van der Waals surface area contributed by atoms with Crippen LogP contribution in [0.25, 0.3) is 0 Å². The van der Waals surface area contributed by atoms with Crippen LogP contribution in [0.15, 0.2) is 24.2 Å². The molecule has 0 aromatic heterocycles. The van der Waals surface area contributed by atoms with Gasteiger partial charge in [0.05, 0.1) is 19.2 Å². The van der Waals surface area contributed by atoms with Crippen molar-refractivity contribution in [1.82, 2.24) is 0 Å². The molecule has 0 N–H and O–H groups in total. The number of hydrogen-bond acceptors (Lipinski definition) is 1. The Morgan fingerprint density at radius 1 is 1.64 bits per heavy atom. The second kappa shape index (κ2) is 5.89. The third kappa shape index (κ3) is 4.53. The maximum Gasteiger partial charge on any atom is 0.128 e. The van der Waals surface area contributed by atoms with Gasteiger partial charge in [-0.1, -0.05) is 0 Å². The highest BCUT2D eigenvalue weighted by Crippen LogP contribution is 2.10. The van der Waals surface area contributed by atoms with E-state index in [4.69, 9.17) is 4.74 Å². The van der Waals surface area contributed by atoms with Gasteiger partial charge >= 0.3 is 0 Å². The van der Waals surface area contributed by atoms with Crippen LogP contribution in [0.4, 0.5) is 8.78 Å². The Morgan fingerprint density at radius 2 is 2.27 bits per heavy atom. The first-order valence-electron chi connectivity index (χ1n) is 3.34. The van der Waals surface area contributed by atoms with Crippen molar-refractivity contribution in [2.24, 2.45) is 0 Å². The Bertz CT molecular complexity index is 152. The Hall–Kier alpha value is -0.860. The van der Waals surface area contributed by atoms with Crippen LogP contribution in [0.2, 0.25) is 0 Å². The molecule has 11 heavy (non-hydrogen) atoms. The number of methoxy groups -OCH3 is 1. The number of hydrogen-bond donors (Lipinski definition) is 0. The van der Waals surface area contributed by atoms with Crippen LogP contribution in [-0.2, 0) is 4.74 Å². The lowest BCUT2D eigenvalue weighted by molar-refractivity contribution is 0.249. The summed E-state index contributed by atoms with van der Waals surface area (Å²) in [5, 5.41) is 0. The van der Waals surface area contributed by atoms with E-state index >= 15 is 0 Å². The molecule has 0 saturated carbocycles. The molecule has 0 radical (unpaired) electrons. The highest BCUT2D eigenvalue weighted by Gasteiger charge is 2.04. The molecule has 0 aromatic rings. The van der Waals surface area contributed by atoms with Gasteiger partial charge in [-0.05, 0) is 19.1 Å². The molecular formula is C8H12F2O. The SMILES string of the molecule is C/C=C(\CC(F)/C=C/F)OC. The first-order valence-corrected chi connectivity index (χ1v) is 3.34. The van der Waals surface area contributed by atoms with Gasteiger partial charge in [0, 0.05) is 6.42 Å². The van der Waals surface area contributed by atoms with Gasteiger partial charge in [0.2, 0.25) is 0 Å². The molecule has 0 saturated heterocycles. The van der Waals surface area contributed by atoms with Gasteiger partial charge in [-0.25, -0.2) is 8.78 Å². The first kappa shape index (κ1) is 10.1. The predicted molar refractivity (Wildman–Crippen MR) is 40.5 cm³/mol. The zero-order valence-corrected chi connectivity index (χ0v) is 6.68. The lowest BCUT2D eigenvalue weighted by Crippen LogP contribution is -1.98. The summed E-state index contributed by atoms with van der Waals surface area (Å²) < 4.78 is 28.8. The van der Waals surface area contributed by atoms with Gasteiger partial charge in [0.1, 0.15) is 6.17 Å². The number of rotatable bonds is 4. The summed E-state index contributed by atoms with van der Waals surface area (Å²) in [7, 11) is 1.46. The minimum atomic E-state index is -1.30. The smallest absolute Gasteiger partial charge is 0.128 e. The standard InChI is InChI=1S/C8H12F2O/c1-3-8(11-2)6-7(10)4-5-9/h3-5,7H,6H2,1-2H3/b5-4+,8-3+. The number of allylic oxidation sites excluding steroid dienone is 3. The monoisotopic (exact) mass is 162 g/mol. The first-order chi connectivity index (χ1) is 5.24. The molecule has 0 aliphatic rings. The Labute approximate surface area is 65.4 Å². The molecule has 0 fully saturated rings. The molecule has 64 valence electrons. The number of alkyl halides is 1. The summed E-state index contributed by atoms with van der Waals surface area (Å²) in [5.41, 5.74) is 0. The maximum absolute atomic E-state index is 12.6. The van der Waals surface area contributed by atoms with E-state index in [1.165, 1.54) is 7.11 Å². The lowest BCUT2D eigenvalue weighted by Gasteiger charge is -2.05. The zero-order chi connectivity index (χ0) is 8.69. The highest BCUT2D eigenvalue weighted by atomic mass is 19.1. The van der Waals surface area contributed by atoms with Crippen LogP contribution in [0, 0.1) is 0 Å². The molecule has 0 amide bonds. The van der Waals surface area contributed by atoms with Crippen molar-refractivity contribution in [3.63, 3.8) is 0 Å². The second-order valence-corrected chi connectivity index (χ2v) is 2.00. The molecule has 0 aliphatic heterocycles. The van der Waals surface area contributed by atoms with Crippen LogP contribution in [0.3, 0.4) is 0 Å². The Kier molecular flexibility index (Phi) is 5.43. The van der Waals surface area contributed by atoms with Crippen molar-refractivity contribution in [1.29, 1.82) is 0 Å². The van der Waals surface area contributed by atoms with E-state index in [1.54, 1.807) is 13.0 Å². The van der Waals surface area contributed by atoms with Crippen LogP contribution in [-0.4, -0.2) is 13.3 Å². The summed E-state index contributed by atoms with van der Waals surface area (Å²) in [6.45, 7) is 1.74. The van der Waals surface area contributed by atoms with Crippen molar-refractivity contribution in [2.75, 3.05) is 7.11 Å². The lowest BCUT2D eigenvalue weighted by atomic mass is 10.2. The fourth-order valence-corrected chi connectivity index (χ4v) is 0.658. The molecular weight excluding hydrogens is 150 g/mol. The molecule has 0 bridgehead atoms. The normalized spacial score (nSPS) is 15.5. The molecule has 0 heterocycles. The van der Waals surface area contributed by atoms with E-state index in [0.29, 0.717) is 5.76 Å². The van der Waals surface area contributed by atoms with E-state index in [1.807, 2.05) is 0 Å². The fraction of sp³-hybridized carbons (Fsp3) is 0.500. The molecule has 0 rings (SSSR count). The third-order valence-electron chi connectivity index (χ3n) is 1.26. The Balaban J connectivity index is 3.82. The van der Waals surface area contributed by atoms with E-state index in [0.717, 1.165) is 6.08 Å². The molecule has 0 aliphatic carbocycles. The summed E-state index contributed by atoms with van der Waals surface area (Å²) in [4.78, 5) is 0. The van der Waals surface area contributed by atoms with Gasteiger partial charge in [-0.3, -0.25) is 0 Å². The topological polar surface area (TPSA) is 9.23 Å². The summed E-state index contributed by atoms with van der Waals surface area (Å²) in [5.74, 6) is 0.524. The summed E-state index contributed by atoms with van der Waals surface area (Å²) in [6, 6.07) is 0. The van der Waals surface area contributed by atoms with Gasteiger partial charge in [0.25, 0.3) is 0 Å². The largest absolute Gasteiger partial charge is 0.501 e. The third-order valence-corrected chi connectivity index (χ3v) is 1.26. The molecule has 1 atom stereocenters. The highest BCUT2D eigenvalue weighted by molar-refractivity contribution is 4.97. The van der Waals surface area contributed by atoms with Gasteiger partial charge < -0.3 is 4.74 Å². The van der Waals surface area contributed by atoms with E-state index in [-0.39, 0.29) is 12.8 Å². The molecule has 3 heteroatoms. The average Bonchev–Trinajstić information content (AvgIpc) is 2.01. The van der Waals surface area contributed by atoms with Gasteiger partial charge in [-0.15, -0.1) is 0 Å². The summed E-state index contributed by atoms with van der Waals surface area (Å²) in [6.07, 6.45) is 1.49. The molecule has 0 aromatic carbocycles. The maximum atomic E-state index is 12.6. The van der Waals surface area contributed by atoms with E-state index < -0.39 is 6.17 Å².